The van der Waals surface area contributed by atoms with Crippen LogP contribution in [0.1, 0.15) is 25.3 Å². The first kappa shape index (κ1) is 14.8. The maximum Gasteiger partial charge on any atom is 0.328 e. The maximum absolute atomic E-state index is 11.6. The van der Waals surface area contributed by atoms with Crippen LogP contribution >= 0.6 is 0 Å². The van der Waals surface area contributed by atoms with Crippen LogP contribution < -0.4 is 10.1 Å². The Bertz CT molecular complexity index is 453. The molecule has 1 aromatic carbocycles. The Morgan fingerprint density at radius 2 is 2.20 bits per heavy atom. The minimum atomic E-state index is -1.13. The standard InChI is InChI=1S/C15H21NO4/c1-15(14(17)18,16-10-13-4-3-9-20-13)11-5-7-12(19-2)8-6-11/h5-8,13,16H,3-4,9-10H2,1-2H3,(H,17,18). The van der Waals surface area contributed by atoms with Crippen LogP contribution in [0.15, 0.2) is 24.3 Å². The van der Waals surface area contributed by atoms with Crippen molar-refractivity contribution in [2.75, 3.05) is 20.3 Å². The lowest BCUT2D eigenvalue weighted by atomic mass is 9.91. The lowest BCUT2D eigenvalue weighted by Crippen LogP contribution is -2.49. The molecule has 0 aliphatic carbocycles. The molecule has 1 aliphatic heterocycles. The minimum Gasteiger partial charge on any atom is -0.497 e. The van der Waals surface area contributed by atoms with E-state index in [1.807, 2.05) is 0 Å². The summed E-state index contributed by atoms with van der Waals surface area (Å²) in [7, 11) is 1.58. The SMILES string of the molecule is COc1ccc(C(C)(NCC2CCCO2)C(=O)O)cc1. The Morgan fingerprint density at radius 1 is 1.50 bits per heavy atom. The normalized spacial score (nSPS) is 21.4. The molecule has 5 heteroatoms. The molecule has 110 valence electrons. The smallest absolute Gasteiger partial charge is 0.328 e. The van der Waals surface area contributed by atoms with Gasteiger partial charge in [-0.3, -0.25) is 5.32 Å². The van der Waals surface area contributed by atoms with Gasteiger partial charge in [-0.05, 0) is 37.5 Å². The molecule has 0 aromatic heterocycles. The van der Waals surface area contributed by atoms with E-state index in [4.69, 9.17) is 9.47 Å². The first-order valence-corrected chi connectivity index (χ1v) is 6.81. The molecule has 1 saturated heterocycles. The molecule has 2 N–H and O–H groups in total. The van der Waals surface area contributed by atoms with Gasteiger partial charge in [0.15, 0.2) is 0 Å². The van der Waals surface area contributed by atoms with E-state index in [1.54, 1.807) is 38.3 Å². The van der Waals surface area contributed by atoms with Crippen molar-refractivity contribution in [2.24, 2.45) is 0 Å². The zero-order valence-electron chi connectivity index (χ0n) is 11.9. The van der Waals surface area contributed by atoms with Gasteiger partial charge in [0.05, 0.1) is 13.2 Å². The first-order chi connectivity index (χ1) is 9.56. The summed E-state index contributed by atoms with van der Waals surface area (Å²) in [6.45, 7) is 2.97. The molecule has 2 unspecified atom stereocenters. The third-order valence-corrected chi connectivity index (χ3v) is 3.80. The number of carboxylic acid groups (broad SMARTS) is 1. The molecule has 2 rings (SSSR count). The van der Waals surface area contributed by atoms with Gasteiger partial charge in [0, 0.05) is 13.2 Å². The molecule has 20 heavy (non-hydrogen) atoms. The van der Waals surface area contributed by atoms with E-state index in [0.29, 0.717) is 17.9 Å². The molecule has 1 aromatic rings. The van der Waals surface area contributed by atoms with Gasteiger partial charge in [-0.2, -0.15) is 0 Å². The average molecular weight is 279 g/mol. The van der Waals surface area contributed by atoms with Crippen LogP contribution in [-0.4, -0.2) is 37.4 Å². The Hall–Kier alpha value is -1.59. The van der Waals surface area contributed by atoms with Crippen LogP contribution in [0.25, 0.3) is 0 Å². The lowest BCUT2D eigenvalue weighted by Gasteiger charge is -2.28. The number of nitrogens with one attached hydrogen (secondary N) is 1. The van der Waals surface area contributed by atoms with Gasteiger partial charge in [0.2, 0.25) is 0 Å². The van der Waals surface area contributed by atoms with Crippen molar-refractivity contribution in [3.05, 3.63) is 29.8 Å². The number of benzene rings is 1. The summed E-state index contributed by atoms with van der Waals surface area (Å²) in [5.41, 5.74) is -0.429. The van der Waals surface area contributed by atoms with Crippen LogP contribution in [0.3, 0.4) is 0 Å². The number of carbonyl (C=O) groups is 1. The monoisotopic (exact) mass is 279 g/mol. The minimum absolute atomic E-state index is 0.104. The third kappa shape index (κ3) is 3.11. The molecule has 0 spiro atoms. The Labute approximate surface area is 118 Å². The van der Waals surface area contributed by atoms with E-state index in [9.17, 15) is 9.90 Å². The number of hydrogen-bond acceptors (Lipinski definition) is 4. The summed E-state index contributed by atoms with van der Waals surface area (Å²) in [6, 6.07) is 7.08. The fourth-order valence-corrected chi connectivity index (χ4v) is 2.35. The van der Waals surface area contributed by atoms with Crippen LogP contribution in [-0.2, 0) is 15.1 Å². The lowest BCUT2D eigenvalue weighted by molar-refractivity contribution is -0.144. The van der Waals surface area contributed by atoms with Crippen molar-refractivity contribution in [1.82, 2.24) is 5.32 Å². The summed E-state index contributed by atoms with van der Waals surface area (Å²) in [5, 5.41) is 12.7. The van der Waals surface area contributed by atoms with Gasteiger partial charge >= 0.3 is 5.97 Å². The summed E-state index contributed by atoms with van der Waals surface area (Å²) in [5.74, 6) is -0.193. The quantitative estimate of drug-likeness (QED) is 0.830. The molecule has 0 bridgehead atoms. The zero-order chi connectivity index (χ0) is 14.6. The first-order valence-electron chi connectivity index (χ1n) is 6.81. The molecule has 2 atom stereocenters. The summed E-state index contributed by atoms with van der Waals surface area (Å²) in [6.07, 6.45) is 2.12. The van der Waals surface area contributed by atoms with Crippen LogP contribution in [0, 0.1) is 0 Å². The largest absolute Gasteiger partial charge is 0.497 e. The van der Waals surface area contributed by atoms with E-state index in [1.165, 1.54) is 0 Å². The van der Waals surface area contributed by atoms with Gasteiger partial charge < -0.3 is 14.6 Å². The molecule has 0 saturated carbocycles. The molecular weight excluding hydrogens is 258 g/mol. The maximum atomic E-state index is 11.6. The second-order valence-corrected chi connectivity index (χ2v) is 5.17. The summed E-state index contributed by atoms with van der Waals surface area (Å²) >= 11 is 0. The number of carboxylic acids is 1. The highest BCUT2D eigenvalue weighted by atomic mass is 16.5. The second-order valence-electron chi connectivity index (χ2n) is 5.17. The predicted octanol–water partition coefficient (Wildman–Crippen LogP) is 1.76. The molecular formula is C15H21NO4. The molecule has 5 nitrogen and oxygen atoms in total. The number of rotatable bonds is 6. The summed E-state index contributed by atoms with van der Waals surface area (Å²) < 4.78 is 10.6. The van der Waals surface area contributed by atoms with Crippen LogP contribution in [0.5, 0.6) is 5.75 Å². The van der Waals surface area contributed by atoms with E-state index in [2.05, 4.69) is 5.32 Å². The number of methoxy groups -OCH3 is 1. The molecule has 1 heterocycles. The van der Waals surface area contributed by atoms with E-state index in [-0.39, 0.29) is 6.10 Å². The Morgan fingerprint density at radius 3 is 2.70 bits per heavy atom. The van der Waals surface area contributed by atoms with Crippen molar-refractivity contribution < 1.29 is 19.4 Å². The van der Waals surface area contributed by atoms with Gasteiger partial charge in [0.1, 0.15) is 11.3 Å². The van der Waals surface area contributed by atoms with Gasteiger partial charge in [0.25, 0.3) is 0 Å². The van der Waals surface area contributed by atoms with Gasteiger partial charge in [-0.25, -0.2) is 4.79 Å². The fraction of sp³-hybridized carbons (Fsp3) is 0.533. The van der Waals surface area contributed by atoms with Crippen molar-refractivity contribution in [3.8, 4) is 5.75 Å². The van der Waals surface area contributed by atoms with Crippen molar-refractivity contribution in [2.45, 2.75) is 31.4 Å². The van der Waals surface area contributed by atoms with E-state index in [0.717, 1.165) is 19.4 Å². The van der Waals surface area contributed by atoms with Gasteiger partial charge in [-0.15, -0.1) is 0 Å². The second kappa shape index (κ2) is 6.24. The average Bonchev–Trinajstić information content (AvgIpc) is 2.98. The van der Waals surface area contributed by atoms with Crippen LogP contribution in [0.2, 0.25) is 0 Å². The third-order valence-electron chi connectivity index (χ3n) is 3.80. The summed E-state index contributed by atoms with van der Waals surface area (Å²) in [4.78, 5) is 11.6. The molecule has 1 aliphatic rings. The predicted molar refractivity (Wildman–Crippen MR) is 75.0 cm³/mol. The number of aliphatic carboxylic acids is 1. The molecule has 0 radical (unpaired) electrons. The zero-order valence-corrected chi connectivity index (χ0v) is 11.9. The number of ether oxygens (including phenoxy) is 2. The van der Waals surface area contributed by atoms with Crippen molar-refractivity contribution in [1.29, 1.82) is 0 Å². The molecule has 0 amide bonds. The Kier molecular flexibility index (Phi) is 4.62. The highest BCUT2D eigenvalue weighted by Gasteiger charge is 2.35. The van der Waals surface area contributed by atoms with Crippen molar-refractivity contribution in [3.63, 3.8) is 0 Å². The number of hydrogen-bond donors (Lipinski definition) is 2. The van der Waals surface area contributed by atoms with E-state index < -0.39 is 11.5 Å². The Balaban J connectivity index is 2.12. The van der Waals surface area contributed by atoms with Gasteiger partial charge in [-0.1, -0.05) is 12.1 Å². The highest BCUT2D eigenvalue weighted by molar-refractivity contribution is 5.80. The van der Waals surface area contributed by atoms with Crippen LogP contribution in [0.4, 0.5) is 0 Å². The van der Waals surface area contributed by atoms with E-state index >= 15 is 0 Å². The highest BCUT2D eigenvalue weighted by Crippen LogP contribution is 2.24. The van der Waals surface area contributed by atoms with Crippen molar-refractivity contribution >= 4 is 5.97 Å². The molecule has 1 fully saturated rings. The fourth-order valence-electron chi connectivity index (χ4n) is 2.35. The topological polar surface area (TPSA) is 67.8 Å².